The second-order valence-corrected chi connectivity index (χ2v) is 7.04. The molecule has 0 bridgehead atoms. The van der Waals surface area contributed by atoms with Gasteiger partial charge in [0, 0.05) is 12.2 Å². The normalized spacial score (nSPS) is 21.5. The lowest BCUT2D eigenvalue weighted by Crippen LogP contribution is -2.30. The third kappa shape index (κ3) is 2.41. The highest BCUT2D eigenvalue weighted by atomic mass is 15.3. The van der Waals surface area contributed by atoms with Crippen LogP contribution >= 0.6 is 0 Å². The first-order chi connectivity index (χ1) is 11.3. The smallest absolute Gasteiger partial charge is 0.0622 e. The summed E-state index contributed by atoms with van der Waals surface area (Å²) in [5.74, 6) is 0. The zero-order valence-corrected chi connectivity index (χ0v) is 14.2. The first kappa shape index (κ1) is 14.6. The number of hydrogen-bond acceptors (Lipinski definition) is 2. The molecule has 4 rings (SSSR count). The Morgan fingerprint density at radius 1 is 1.00 bits per heavy atom. The molecule has 2 aliphatic heterocycles. The molecule has 120 valence electrons. The maximum Gasteiger partial charge on any atom is 0.0622 e. The van der Waals surface area contributed by atoms with Crippen molar-refractivity contribution < 1.29 is 0 Å². The Balaban J connectivity index is 1.82. The molecule has 0 aliphatic carbocycles. The fourth-order valence-electron chi connectivity index (χ4n) is 4.39. The van der Waals surface area contributed by atoms with E-state index in [4.69, 9.17) is 0 Å². The zero-order chi connectivity index (χ0) is 15.9. The number of para-hydroxylation sites is 3. The molecule has 1 saturated heterocycles. The van der Waals surface area contributed by atoms with Crippen LogP contribution in [-0.2, 0) is 6.42 Å². The van der Waals surface area contributed by atoms with Gasteiger partial charge in [-0.1, -0.05) is 44.2 Å². The Labute approximate surface area is 139 Å². The number of aryl methyl sites for hydroxylation is 1. The highest BCUT2D eigenvalue weighted by Gasteiger charge is 2.49. The molecule has 1 unspecified atom stereocenters. The van der Waals surface area contributed by atoms with E-state index in [-0.39, 0.29) is 0 Å². The summed E-state index contributed by atoms with van der Waals surface area (Å²) in [6.45, 7) is 5.96. The molecule has 1 fully saturated rings. The third-order valence-corrected chi connectivity index (χ3v) is 6.12. The Morgan fingerprint density at radius 2 is 1.70 bits per heavy atom. The fraction of sp³-hybridized carbons (Fsp3) is 0.429. The van der Waals surface area contributed by atoms with Crippen LogP contribution in [0.15, 0.2) is 48.5 Å². The largest absolute Gasteiger partial charge is 0.362 e. The maximum absolute atomic E-state index is 3.69. The van der Waals surface area contributed by atoms with Gasteiger partial charge in [0.2, 0.25) is 0 Å². The molecule has 2 aromatic rings. The lowest BCUT2D eigenvalue weighted by Gasteiger charge is -2.34. The van der Waals surface area contributed by atoms with E-state index in [1.54, 1.807) is 0 Å². The quantitative estimate of drug-likeness (QED) is 0.750. The van der Waals surface area contributed by atoms with E-state index >= 15 is 0 Å². The first-order valence-electron chi connectivity index (χ1n) is 8.98. The molecule has 0 radical (unpaired) electrons. The van der Waals surface area contributed by atoms with Crippen molar-refractivity contribution in [3.8, 4) is 0 Å². The molecule has 2 aromatic carbocycles. The molecule has 1 atom stereocenters. The molecule has 0 saturated carbocycles. The van der Waals surface area contributed by atoms with E-state index in [1.165, 1.54) is 48.4 Å². The van der Waals surface area contributed by atoms with Crippen LogP contribution in [-0.4, -0.2) is 12.6 Å². The van der Waals surface area contributed by atoms with Gasteiger partial charge >= 0.3 is 0 Å². The zero-order valence-electron chi connectivity index (χ0n) is 14.2. The number of nitrogens with one attached hydrogen (secondary N) is 1. The van der Waals surface area contributed by atoms with Crippen LogP contribution in [0.25, 0.3) is 0 Å². The van der Waals surface area contributed by atoms with Crippen molar-refractivity contribution in [2.75, 3.05) is 16.8 Å². The topological polar surface area (TPSA) is 15.0 Å². The second kappa shape index (κ2) is 5.59. The van der Waals surface area contributed by atoms with E-state index in [0.29, 0.717) is 11.5 Å². The standard InChI is InChI=1S/C21H26N2/c1-3-21(4-2)14-13-16-9-5-6-10-17(16)22-18-11-7-8-12-19(18)23-15-20(21)23/h5-12,20,22H,3-4,13-15H2,1-2H3. The molecular weight excluding hydrogens is 280 g/mol. The minimum absolute atomic E-state index is 0.442. The average molecular weight is 306 g/mol. The SMILES string of the molecule is CCC1(CC)CCc2ccccc2Nc2ccccc2N2CC21. The van der Waals surface area contributed by atoms with Gasteiger partial charge in [0.05, 0.1) is 17.4 Å². The number of fused-ring (bicyclic) bond motifs is 4. The number of nitrogens with zero attached hydrogens (tertiary/aromatic N) is 1. The summed E-state index contributed by atoms with van der Waals surface area (Å²) >= 11 is 0. The van der Waals surface area contributed by atoms with Gasteiger partial charge in [0.1, 0.15) is 0 Å². The van der Waals surface area contributed by atoms with Crippen LogP contribution in [0.1, 0.15) is 38.7 Å². The number of anilines is 3. The van der Waals surface area contributed by atoms with Crippen molar-refractivity contribution in [2.24, 2.45) is 5.41 Å². The molecule has 2 heterocycles. The van der Waals surface area contributed by atoms with Gasteiger partial charge in [-0.05, 0) is 54.9 Å². The summed E-state index contributed by atoms with van der Waals surface area (Å²) in [5.41, 5.74) is 5.76. The Hall–Kier alpha value is -1.96. The van der Waals surface area contributed by atoms with Gasteiger partial charge in [-0.25, -0.2) is 0 Å². The van der Waals surface area contributed by atoms with Gasteiger partial charge in [0.15, 0.2) is 0 Å². The minimum atomic E-state index is 0.442. The Morgan fingerprint density at radius 3 is 2.48 bits per heavy atom. The number of rotatable bonds is 2. The van der Waals surface area contributed by atoms with Gasteiger partial charge in [0.25, 0.3) is 0 Å². The Bertz CT molecular complexity index is 702. The summed E-state index contributed by atoms with van der Waals surface area (Å²) in [7, 11) is 0. The van der Waals surface area contributed by atoms with Gasteiger partial charge in [-0.3, -0.25) is 0 Å². The minimum Gasteiger partial charge on any atom is -0.362 e. The highest BCUT2D eigenvalue weighted by molar-refractivity contribution is 5.79. The summed E-state index contributed by atoms with van der Waals surface area (Å²) in [6, 6.07) is 18.3. The molecule has 23 heavy (non-hydrogen) atoms. The van der Waals surface area contributed by atoms with Crippen LogP contribution in [0.2, 0.25) is 0 Å². The van der Waals surface area contributed by atoms with E-state index in [9.17, 15) is 0 Å². The monoisotopic (exact) mass is 306 g/mol. The highest BCUT2D eigenvalue weighted by Crippen LogP contribution is 2.50. The molecule has 0 amide bonds. The van der Waals surface area contributed by atoms with Crippen molar-refractivity contribution in [3.63, 3.8) is 0 Å². The molecule has 0 aromatic heterocycles. The van der Waals surface area contributed by atoms with Gasteiger partial charge in [-0.15, -0.1) is 0 Å². The maximum atomic E-state index is 3.69. The van der Waals surface area contributed by atoms with Crippen molar-refractivity contribution in [2.45, 2.75) is 45.6 Å². The molecule has 2 nitrogen and oxygen atoms in total. The van der Waals surface area contributed by atoms with Crippen LogP contribution in [0.5, 0.6) is 0 Å². The molecular formula is C21H26N2. The molecule has 1 N–H and O–H groups in total. The van der Waals surface area contributed by atoms with Crippen LogP contribution < -0.4 is 10.2 Å². The second-order valence-electron chi connectivity index (χ2n) is 7.04. The first-order valence-corrected chi connectivity index (χ1v) is 8.98. The summed E-state index contributed by atoms with van der Waals surface area (Å²) < 4.78 is 0. The predicted octanol–water partition coefficient (Wildman–Crippen LogP) is 5.37. The summed E-state index contributed by atoms with van der Waals surface area (Å²) in [6.07, 6.45) is 4.98. The lowest BCUT2D eigenvalue weighted by atomic mass is 9.74. The van der Waals surface area contributed by atoms with E-state index in [0.717, 1.165) is 6.42 Å². The van der Waals surface area contributed by atoms with Crippen molar-refractivity contribution >= 4 is 17.1 Å². The van der Waals surface area contributed by atoms with Crippen molar-refractivity contribution in [1.82, 2.24) is 0 Å². The summed E-state index contributed by atoms with van der Waals surface area (Å²) in [4.78, 5) is 2.60. The number of benzene rings is 2. The average Bonchev–Trinajstić information content (AvgIpc) is 3.39. The van der Waals surface area contributed by atoms with E-state index in [1.807, 2.05) is 0 Å². The van der Waals surface area contributed by atoms with Crippen LogP contribution in [0.4, 0.5) is 17.1 Å². The van der Waals surface area contributed by atoms with Crippen molar-refractivity contribution in [1.29, 1.82) is 0 Å². The summed E-state index contributed by atoms with van der Waals surface area (Å²) in [5, 5.41) is 3.69. The predicted molar refractivity (Wildman–Crippen MR) is 98.6 cm³/mol. The van der Waals surface area contributed by atoms with Crippen molar-refractivity contribution in [3.05, 3.63) is 54.1 Å². The van der Waals surface area contributed by atoms with Crippen LogP contribution in [0.3, 0.4) is 0 Å². The Kier molecular flexibility index (Phi) is 3.56. The fourth-order valence-corrected chi connectivity index (χ4v) is 4.39. The van der Waals surface area contributed by atoms with E-state index in [2.05, 4.69) is 72.6 Å². The lowest BCUT2D eigenvalue weighted by molar-refractivity contribution is 0.238. The van der Waals surface area contributed by atoms with E-state index < -0.39 is 0 Å². The van der Waals surface area contributed by atoms with Gasteiger partial charge < -0.3 is 10.2 Å². The molecule has 0 spiro atoms. The third-order valence-electron chi connectivity index (χ3n) is 6.12. The van der Waals surface area contributed by atoms with Gasteiger partial charge in [-0.2, -0.15) is 0 Å². The number of hydrogen-bond donors (Lipinski definition) is 1. The molecule has 2 aliphatic rings. The molecule has 2 heteroatoms. The van der Waals surface area contributed by atoms with Crippen LogP contribution in [0, 0.1) is 5.41 Å².